The number of nitrogens with one attached hydrogen (secondary N) is 2. The molecule has 1 aliphatic rings. The Labute approximate surface area is 179 Å². The Balaban J connectivity index is 1.94. The number of H-pyrrole nitrogens is 1. The van der Waals surface area contributed by atoms with Crippen LogP contribution in [0.15, 0.2) is 22.0 Å². The number of ether oxygens (including phenoxy) is 3. The van der Waals surface area contributed by atoms with Gasteiger partial charge in [-0.05, 0) is 36.3 Å². The van der Waals surface area contributed by atoms with Crippen LogP contribution in [-0.4, -0.2) is 41.7 Å². The minimum absolute atomic E-state index is 0.127. The van der Waals surface area contributed by atoms with Crippen molar-refractivity contribution in [2.24, 2.45) is 5.10 Å². The first-order valence-electron chi connectivity index (χ1n) is 9.63. The predicted molar refractivity (Wildman–Crippen MR) is 116 cm³/mol. The Hall–Kier alpha value is -3.01. The zero-order valence-electron chi connectivity index (χ0n) is 17.4. The lowest BCUT2D eigenvalue weighted by molar-refractivity contribution is 0.323. The molecule has 1 aromatic carbocycles. The third-order valence-electron chi connectivity index (χ3n) is 5.04. The van der Waals surface area contributed by atoms with Crippen LogP contribution in [0.25, 0.3) is 0 Å². The maximum Gasteiger partial charge on any atom is 0.264 e. The number of methoxy groups -OCH3 is 3. The lowest BCUT2D eigenvalue weighted by Crippen LogP contribution is -2.22. The minimum Gasteiger partial charge on any atom is -0.494 e. The van der Waals surface area contributed by atoms with Gasteiger partial charge in [0.2, 0.25) is 11.6 Å². The van der Waals surface area contributed by atoms with Crippen LogP contribution in [0.5, 0.6) is 23.1 Å². The number of benzene rings is 1. The zero-order chi connectivity index (χ0) is 21.8. The summed E-state index contributed by atoms with van der Waals surface area (Å²) in [4.78, 5) is 15.2. The lowest BCUT2D eigenvalue weighted by Gasteiger charge is -2.17. The summed E-state index contributed by atoms with van der Waals surface area (Å²) in [6, 6.07) is 3.42. The van der Waals surface area contributed by atoms with Gasteiger partial charge in [0.05, 0.1) is 33.1 Å². The molecule has 0 bridgehead atoms. The molecule has 0 saturated carbocycles. The smallest absolute Gasteiger partial charge is 0.264 e. The van der Waals surface area contributed by atoms with E-state index < -0.39 is 5.56 Å². The number of hydrogen-bond donors (Lipinski definition) is 3. The molecule has 2 heterocycles. The molecule has 10 heteroatoms. The van der Waals surface area contributed by atoms with Gasteiger partial charge in [-0.3, -0.25) is 14.3 Å². The average Bonchev–Trinajstić information content (AvgIpc) is 3.21. The Morgan fingerprint density at radius 2 is 1.90 bits per heavy atom. The maximum atomic E-state index is 12.5. The van der Waals surface area contributed by atoms with Crippen molar-refractivity contribution in [3.05, 3.63) is 38.4 Å². The van der Waals surface area contributed by atoms with E-state index in [1.807, 2.05) is 19.1 Å². The highest BCUT2D eigenvalue weighted by atomic mass is 32.1. The molecule has 0 amide bonds. The standard InChI is InChI=1S/C20H26N4O5S/c1-5-6-7-24-19(26)16(18(25)21-20(24)30)13-10-12(22-23-13)11-8-14(27-2)17(29-4)15(9-11)28-3/h8-9,12,22,26H,5-7,10H2,1-4H3,(H,21,25,30). The first kappa shape index (κ1) is 21.7. The van der Waals surface area contributed by atoms with Crippen molar-refractivity contribution in [3.8, 4) is 23.1 Å². The molecule has 0 aliphatic carbocycles. The quantitative estimate of drug-likeness (QED) is 0.548. The van der Waals surface area contributed by atoms with E-state index in [1.54, 1.807) is 21.3 Å². The summed E-state index contributed by atoms with van der Waals surface area (Å²) in [6.07, 6.45) is 2.15. The highest BCUT2D eigenvalue weighted by molar-refractivity contribution is 7.71. The van der Waals surface area contributed by atoms with Crippen molar-refractivity contribution in [1.29, 1.82) is 0 Å². The monoisotopic (exact) mass is 434 g/mol. The summed E-state index contributed by atoms with van der Waals surface area (Å²) in [7, 11) is 4.64. The fourth-order valence-electron chi connectivity index (χ4n) is 3.44. The van der Waals surface area contributed by atoms with Gasteiger partial charge in [-0.2, -0.15) is 5.10 Å². The Bertz CT molecular complexity index is 1050. The van der Waals surface area contributed by atoms with Crippen LogP contribution in [0.3, 0.4) is 0 Å². The lowest BCUT2D eigenvalue weighted by atomic mass is 9.99. The number of aromatic amines is 1. The molecule has 3 rings (SSSR count). The van der Waals surface area contributed by atoms with Crippen molar-refractivity contribution in [1.82, 2.24) is 15.0 Å². The van der Waals surface area contributed by atoms with Crippen molar-refractivity contribution in [2.75, 3.05) is 21.3 Å². The number of hydrogen-bond acceptors (Lipinski definition) is 8. The molecule has 0 saturated heterocycles. The van der Waals surface area contributed by atoms with Crippen LogP contribution in [0.1, 0.15) is 43.4 Å². The number of unbranched alkanes of at least 4 members (excludes halogenated alkanes) is 1. The molecule has 162 valence electrons. The molecule has 2 aromatic rings. The Morgan fingerprint density at radius 3 is 2.47 bits per heavy atom. The maximum absolute atomic E-state index is 12.5. The van der Waals surface area contributed by atoms with Crippen LogP contribution in [0.4, 0.5) is 0 Å². The van der Waals surface area contributed by atoms with Gasteiger partial charge in [0.1, 0.15) is 5.56 Å². The van der Waals surface area contributed by atoms with Crippen molar-refractivity contribution in [3.63, 3.8) is 0 Å². The van der Waals surface area contributed by atoms with Gasteiger partial charge in [-0.25, -0.2) is 0 Å². The van der Waals surface area contributed by atoms with Gasteiger partial charge < -0.3 is 24.7 Å². The fourth-order valence-corrected chi connectivity index (χ4v) is 3.71. The van der Waals surface area contributed by atoms with E-state index >= 15 is 0 Å². The molecule has 30 heavy (non-hydrogen) atoms. The van der Waals surface area contributed by atoms with Crippen LogP contribution < -0.4 is 25.2 Å². The molecule has 0 radical (unpaired) electrons. The number of aromatic nitrogens is 2. The van der Waals surface area contributed by atoms with Gasteiger partial charge in [0.25, 0.3) is 5.56 Å². The summed E-state index contributed by atoms with van der Waals surface area (Å²) in [5.41, 5.74) is 3.99. The highest BCUT2D eigenvalue weighted by Crippen LogP contribution is 2.41. The Morgan fingerprint density at radius 1 is 1.23 bits per heavy atom. The van der Waals surface area contributed by atoms with Gasteiger partial charge in [-0.15, -0.1) is 0 Å². The molecule has 9 nitrogen and oxygen atoms in total. The van der Waals surface area contributed by atoms with E-state index in [1.165, 1.54) is 4.57 Å². The predicted octanol–water partition coefficient (Wildman–Crippen LogP) is 2.88. The summed E-state index contributed by atoms with van der Waals surface area (Å²) in [6.45, 7) is 2.56. The third kappa shape index (κ3) is 4.00. The van der Waals surface area contributed by atoms with Crippen LogP contribution in [-0.2, 0) is 6.54 Å². The molecule has 1 aliphatic heterocycles. The van der Waals surface area contributed by atoms with E-state index in [9.17, 15) is 9.90 Å². The second kappa shape index (κ2) is 9.21. The number of hydrazone groups is 1. The van der Waals surface area contributed by atoms with E-state index in [2.05, 4.69) is 15.5 Å². The number of aromatic hydroxyl groups is 1. The van der Waals surface area contributed by atoms with E-state index in [-0.39, 0.29) is 22.3 Å². The van der Waals surface area contributed by atoms with Crippen molar-refractivity contribution in [2.45, 2.75) is 38.8 Å². The van der Waals surface area contributed by atoms with Crippen molar-refractivity contribution >= 4 is 17.9 Å². The molecule has 3 N–H and O–H groups in total. The normalized spacial score (nSPS) is 15.5. The zero-order valence-corrected chi connectivity index (χ0v) is 18.3. The number of rotatable bonds is 8. The molecule has 0 spiro atoms. The molecule has 1 aromatic heterocycles. The SMILES string of the molecule is CCCCn1c(O)c(C2=NNC(c3cc(OC)c(OC)c(OC)c3)C2)c(=O)[nH]c1=S. The summed E-state index contributed by atoms with van der Waals surface area (Å²) in [5.74, 6) is 1.38. The van der Waals surface area contributed by atoms with Crippen LogP contribution in [0.2, 0.25) is 0 Å². The molecular weight excluding hydrogens is 408 g/mol. The van der Waals surface area contributed by atoms with Gasteiger partial charge >= 0.3 is 0 Å². The molecule has 0 fully saturated rings. The first-order chi connectivity index (χ1) is 14.4. The van der Waals surface area contributed by atoms with Gasteiger partial charge in [0, 0.05) is 13.0 Å². The Kier molecular flexibility index (Phi) is 6.66. The van der Waals surface area contributed by atoms with E-state index in [0.29, 0.717) is 35.9 Å². The van der Waals surface area contributed by atoms with E-state index in [0.717, 1.165) is 18.4 Å². The topological polar surface area (TPSA) is 110 Å². The number of nitrogens with zero attached hydrogens (tertiary/aromatic N) is 2. The summed E-state index contributed by atoms with van der Waals surface area (Å²) < 4.78 is 17.9. The van der Waals surface area contributed by atoms with Crippen LogP contribution >= 0.6 is 12.2 Å². The second-order valence-electron chi connectivity index (χ2n) is 6.87. The molecule has 1 atom stereocenters. The van der Waals surface area contributed by atoms with Gasteiger partial charge in [-0.1, -0.05) is 13.3 Å². The van der Waals surface area contributed by atoms with Crippen molar-refractivity contribution < 1.29 is 19.3 Å². The van der Waals surface area contributed by atoms with Gasteiger partial charge in [0.15, 0.2) is 16.3 Å². The van der Waals surface area contributed by atoms with E-state index in [4.69, 9.17) is 26.4 Å². The third-order valence-corrected chi connectivity index (χ3v) is 5.36. The summed E-state index contributed by atoms with van der Waals surface area (Å²) in [5, 5.41) is 15.1. The first-order valence-corrected chi connectivity index (χ1v) is 10.0. The summed E-state index contributed by atoms with van der Waals surface area (Å²) >= 11 is 5.21. The fraction of sp³-hybridized carbons (Fsp3) is 0.450. The minimum atomic E-state index is -0.462. The second-order valence-corrected chi connectivity index (χ2v) is 7.25. The van der Waals surface area contributed by atoms with Crippen LogP contribution in [0, 0.1) is 4.77 Å². The molecular formula is C20H26N4O5S. The average molecular weight is 435 g/mol. The largest absolute Gasteiger partial charge is 0.494 e. The highest BCUT2D eigenvalue weighted by Gasteiger charge is 2.28. The molecule has 1 unspecified atom stereocenters.